The van der Waals surface area contributed by atoms with Crippen LogP contribution in [0.1, 0.15) is 63.2 Å². The van der Waals surface area contributed by atoms with E-state index in [0.29, 0.717) is 25.2 Å². The van der Waals surface area contributed by atoms with E-state index in [2.05, 4.69) is 0 Å². The zero-order valence-corrected chi connectivity index (χ0v) is 16.8. The number of carbonyl (C=O) groups is 2. The number of rotatable bonds is 6. The molecule has 2 heterocycles. The van der Waals surface area contributed by atoms with Gasteiger partial charge in [0.25, 0.3) is 0 Å². The highest BCUT2D eigenvalue weighted by Gasteiger charge is 2.38. The Hall–Kier alpha value is -2.48. The molecular weight excluding hydrogens is 380 g/mol. The zero-order valence-electron chi connectivity index (χ0n) is 15.9. The van der Waals surface area contributed by atoms with Crippen molar-refractivity contribution in [2.24, 2.45) is 0 Å². The van der Waals surface area contributed by atoms with E-state index in [9.17, 15) is 19.8 Å². The first-order valence-electron chi connectivity index (χ1n) is 8.96. The SMILES string of the molecule is CCC1(c2ccc(/C(C)=C(\C)c3ccc(C(=O)O)c(C(=O)O)c3)s2)OCCO1. The summed E-state index contributed by atoms with van der Waals surface area (Å²) >= 11 is 1.58. The van der Waals surface area contributed by atoms with Crippen molar-refractivity contribution in [3.63, 3.8) is 0 Å². The van der Waals surface area contributed by atoms with Crippen LogP contribution in [0.15, 0.2) is 30.3 Å². The molecule has 3 rings (SSSR count). The minimum Gasteiger partial charge on any atom is -0.478 e. The second-order valence-corrected chi connectivity index (χ2v) is 7.67. The average molecular weight is 402 g/mol. The van der Waals surface area contributed by atoms with Crippen LogP contribution in [-0.2, 0) is 15.3 Å². The Kier molecular flexibility index (Phi) is 5.69. The Balaban J connectivity index is 1.99. The van der Waals surface area contributed by atoms with E-state index < -0.39 is 17.7 Å². The van der Waals surface area contributed by atoms with Crippen molar-refractivity contribution in [3.8, 4) is 0 Å². The van der Waals surface area contributed by atoms with E-state index in [0.717, 1.165) is 20.9 Å². The minimum atomic E-state index is -1.26. The van der Waals surface area contributed by atoms with E-state index in [1.54, 1.807) is 17.4 Å². The molecule has 148 valence electrons. The lowest BCUT2D eigenvalue weighted by atomic mass is 9.96. The smallest absolute Gasteiger partial charge is 0.336 e. The van der Waals surface area contributed by atoms with Gasteiger partial charge in [-0.25, -0.2) is 9.59 Å². The van der Waals surface area contributed by atoms with Gasteiger partial charge in [0.15, 0.2) is 0 Å². The van der Waals surface area contributed by atoms with Crippen molar-refractivity contribution in [3.05, 3.63) is 56.8 Å². The van der Waals surface area contributed by atoms with Gasteiger partial charge in [0.2, 0.25) is 5.79 Å². The summed E-state index contributed by atoms with van der Waals surface area (Å²) in [6.45, 7) is 7.03. The Morgan fingerprint density at radius 1 is 1.00 bits per heavy atom. The molecule has 6 nitrogen and oxygen atoms in total. The lowest BCUT2D eigenvalue weighted by Gasteiger charge is -2.24. The van der Waals surface area contributed by atoms with Crippen molar-refractivity contribution in [2.45, 2.75) is 33.0 Å². The Bertz CT molecular complexity index is 950. The predicted molar refractivity (Wildman–Crippen MR) is 107 cm³/mol. The first-order valence-corrected chi connectivity index (χ1v) is 9.78. The number of allylic oxidation sites excluding steroid dienone is 2. The number of ether oxygens (including phenoxy) is 2. The lowest BCUT2D eigenvalue weighted by Crippen LogP contribution is -2.24. The Morgan fingerprint density at radius 2 is 1.64 bits per heavy atom. The van der Waals surface area contributed by atoms with Crippen molar-refractivity contribution in [2.75, 3.05) is 13.2 Å². The molecule has 1 aromatic carbocycles. The third-order valence-corrected chi connectivity index (χ3v) is 6.38. The van der Waals surface area contributed by atoms with Gasteiger partial charge in [-0.15, -0.1) is 11.3 Å². The van der Waals surface area contributed by atoms with Crippen LogP contribution < -0.4 is 0 Å². The first-order chi connectivity index (χ1) is 13.3. The molecule has 2 N–H and O–H groups in total. The summed E-state index contributed by atoms with van der Waals surface area (Å²) in [5.41, 5.74) is 2.10. The van der Waals surface area contributed by atoms with Crippen molar-refractivity contribution >= 4 is 34.4 Å². The third-order valence-electron chi connectivity index (χ3n) is 5.05. The van der Waals surface area contributed by atoms with E-state index in [1.807, 2.05) is 32.9 Å². The molecule has 0 radical (unpaired) electrons. The van der Waals surface area contributed by atoms with E-state index in [4.69, 9.17) is 9.47 Å². The standard InChI is InChI=1S/C21H22O6S/c1-4-21(26-9-10-27-21)18-8-7-17(28-18)13(3)12(2)14-5-6-15(19(22)23)16(11-14)20(24)25/h5-8,11H,4,9-10H2,1-3H3,(H,22,23)(H,24,25)/b13-12+. The van der Waals surface area contributed by atoms with Crippen LogP contribution in [0.2, 0.25) is 0 Å². The second kappa shape index (κ2) is 7.87. The van der Waals surface area contributed by atoms with E-state index in [-0.39, 0.29) is 11.1 Å². The van der Waals surface area contributed by atoms with E-state index in [1.165, 1.54) is 12.1 Å². The number of hydrogen-bond donors (Lipinski definition) is 2. The molecular formula is C21H22O6S. The molecule has 0 bridgehead atoms. The van der Waals surface area contributed by atoms with Gasteiger partial charge >= 0.3 is 11.9 Å². The molecule has 0 spiro atoms. The van der Waals surface area contributed by atoms with Gasteiger partial charge < -0.3 is 19.7 Å². The largest absolute Gasteiger partial charge is 0.478 e. The zero-order chi connectivity index (χ0) is 20.5. The quantitative estimate of drug-likeness (QED) is 0.727. The maximum Gasteiger partial charge on any atom is 0.336 e. The van der Waals surface area contributed by atoms with Gasteiger partial charge in [-0.05, 0) is 54.8 Å². The molecule has 28 heavy (non-hydrogen) atoms. The molecule has 1 saturated heterocycles. The normalized spacial score (nSPS) is 16.7. The minimum absolute atomic E-state index is 0.221. The van der Waals surface area contributed by atoms with Gasteiger partial charge in [-0.2, -0.15) is 0 Å². The fourth-order valence-corrected chi connectivity index (χ4v) is 4.49. The van der Waals surface area contributed by atoms with Crippen molar-refractivity contribution in [1.82, 2.24) is 0 Å². The molecule has 2 aromatic rings. The summed E-state index contributed by atoms with van der Waals surface area (Å²) in [7, 11) is 0. The average Bonchev–Trinajstić information content (AvgIpc) is 3.36. The van der Waals surface area contributed by atoms with E-state index >= 15 is 0 Å². The number of benzene rings is 1. The van der Waals surface area contributed by atoms with Gasteiger partial charge in [0, 0.05) is 11.3 Å². The maximum absolute atomic E-state index is 11.5. The molecule has 1 aromatic heterocycles. The molecule has 1 aliphatic rings. The molecule has 7 heteroatoms. The van der Waals surface area contributed by atoms with Crippen LogP contribution >= 0.6 is 11.3 Å². The van der Waals surface area contributed by atoms with Crippen molar-refractivity contribution < 1.29 is 29.3 Å². The number of aromatic carboxylic acids is 2. The van der Waals surface area contributed by atoms with Gasteiger partial charge in [0.05, 0.1) is 29.2 Å². The maximum atomic E-state index is 11.5. The predicted octanol–water partition coefficient (Wildman–Crippen LogP) is 4.70. The van der Waals surface area contributed by atoms with Gasteiger partial charge in [-0.3, -0.25) is 0 Å². The number of carboxylic acid groups (broad SMARTS) is 2. The third kappa shape index (κ3) is 3.61. The number of hydrogen-bond acceptors (Lipinski definition) is 5. The molecule has 0 atom stereocenters. The molecule has 0 saturated carbocycles. The Labute approximate surface area is 167 Å². The van der Waals surface area contributed by atoms with Crippen LogP contribution in [0.4, 0.5) is 0 Å². The Morgan fingerprint density at radius 3 is 2.21 bits per heavy atom. The number of carboxylic acids is 2. The van der Waals surface area contributed by atoms with Crippen LogP contribution in [0.25, 0.3) is 11.1 Å². The molecule has 0 unspecified atom stereocenters. The van der Waals surface area contributed by atoms with Gasteiger partial charge in [-0.1, -0.05) is 13.0 Å². The van der Waals surface area contributed by atoms with Crippen LogP contribution in [0.5, 0.6) is 0 Å². The van der Waals surface area contributed by atoms with Crippen LogP contribution in [0.3, 0.4) is 0 Å². The summed E-state index contributed by atoms with van der Waals surface area (Å²) in [6.07, 6.45) is 0.716. The highest BCUT2D eigenvalue weighted by molar-refractivity contribution is 7.13. The highest BCUT2D eigenvalue weighted by atomic mass is 32.1. The molecule has 0 amide bonds. The van der Waals surface area contributed by atoms with Crippen LogP contribution in [0, 0.1) is 0 Å². The topological polar surface area (TPSA) is 93.1 Å². The van der Waals surface area contributed by atoms with Gasteiger partial charge in [0.1, 0.15) is 0 Å². The summed E-state index contributed by atoms with van der Waals surface area (Å²) in [6, 6.07) is 8.40. The second-order valence-electron chi connectivity index (χ2n) is 6.59. The molecule has 1 fully saturated rings. The monoisotopic (exact) mass is 402 g/mol. The molecule has 1 aliphatic heterocycles. The summed E-state index contributed by atoms with van der Waals surface area (Å²) < 4.78 is 11.7. The van der Waals surface area contributed by atoms with Crippen molar-refractivity contribution in [1.29, 1.82) is 0 Å². The highest BCUT2D eigenvalue weighted by Crippen LogP contribution is 2.41. The first kappa shape index (κ1) is 20.3. The number of thiophene rings is 1. The summed E-state index contributed by atoms with van der Waals surface area (Å²) in [5, 5.41) is 18.5. The summed E-state index contributed by atoms with van der Waals surface area (Å²) in [4.78, 5) is 24.7. The molecule has 0 aliphatic carbocycles. The summed E-state index contributed by atoms with van der Waals surface area (Å²) in [5.74, 6) is -3.20. The van der Waals surface area contributed by atoms with Crippen LogP contribution in [-0.4, -0.2) is 35.4 Å². The fourth-order valence-electron chi connectivity index (χ4n) is 3.26. The fraction of sp³-hybridized carbons (Fsp3) is 0.333. The lowest BCUT2D eigenvalue weighted by molar-refractivity contribution is -0.164.